The number of aromatic nitrogens is 1. The van der Waals surface area contributed by atoms with Crippen LogP contribution in [0.4, 0.5) is 0 Å². The molecule has 1 heterocycles. The topological polar surface area (TPSA) is 22.0 Å². The fraction of sp³-hybridized carbons (Fsp3) is 0.423. The molecule has 1 aromatic heterocycles. The zero-order valence-electron chi connectivity index (χ0n) is 17.4. The molecule has 148 valence electrons. The van der Waals surface area contributed by atoms with E-state index in [1.807, 2.05) is 37.3 Å². The van der Waals surface area contributed by atoms with Crippen LogP contribution >= 0.6 is 0 Å². The van der Waals surface area contributed by atoms with E-state index in [0.717, 1.165) is 28.6 Å². The fourth-order valence-corrected chi connectivity index (χ4v) is 4.00. The first kappa shape index (κ1) is 20.4. The van der Waals surface area contributed by atoms with Gasteiger partial charge in [0.1, 0.15) is 0 Å². The van der Waals surface area contributed by atoms with E-state index in [4.69, 9.17) is 0 Å². The third-order valence-electron chi connectivity index (χ3n) is 5.68. The van der Waals surface area contributed by atoms with Gasteiger partial charge in [-0.05, 0) is 25.0 Å². The summed E-state index contributed by atoms with van der Waals surface area (Å²) in [6.45, 7) is 5.25. The lowest BCUT2D eigenvalue weighted by Gasteiger charge is -2.05. The Morgan fingerprint density at radius 3 is 2.18 bits per heavy atom. The summed E-state index contributed by atoms with van der Waals surface area (Å²) in [7, 11) is 0. The van der Waals surface area contributed by atoms with Crippen molar-refractivity contribution in [2.75, 3.05) is 0 Å². The van der Waals surface area contributed by atoms with Crippen LogP contribution < -0.4 is 0 Å². The number of benzene rings is 2. The lowest BCUT2D eigenvalue weighted by atomic mass is 9.99. The van der Waals surface area contributed by atoms with Gasteiger partial charge < -0.3 is 4.57 Å². The van der Waals surface area contributed by atoms with Gasteiger partial charge in [-0.3, -0.25) is 4.79 Å². The molecule has 0 saturated heterocycles. The summed E-state index contributed by atoms with van der Waals surface area (Å²) in [5, 5.41) is 1.07. The minimum Gasteiger partial charge on any atom is -0.347 e. The van der Waals surface area contributed by atoms with E-state index in [-0.39, 0.29) is 5.78 Å². The number of carbonyl (C=O) groups excluding carboxylic acids is 1. The molecule has 2 aromatic carbocycles. The van der Waals surface area contributed by atoms with Gasteiger partial charge in [-0.1, -0.05) is 94.3 Å². The Bertz CT molecular complexity index is 906. The van der Waals surface area contributed by atoms with E-state index >= 15 is 0 Å². The third kappa shape index (κ3) is 4.92. The molecular weight excluding hydrogens is 342 g/mol. The third-order valence-corrected chi connectivity index (χ3v) is 5.68. The van der Waals surface area contributed by atoms with Gasteiger partial charge in [-0.25, -0.2) is 0 Å². The van der Waals surface area contributed by atoms with Crippen LogP contribution in [-0.4, -0.2) is 10.4 Å². The van der Waals surface area contributed by atoms with Crippen LogP contribution in [0.3, 0.4) is 0 Å². The van der Waals surface area contributed by atoms with E-state index < -0.39 is 0 Å². The highest BCUT2D eigenvalue weighted by Gasteiger charge is 2.17. The number of hydrogen-bond donors (Lipinski definition) is 0. The van der Waals surface area contributed by atoms with Crippen LogP contribution in [0.15, 0.2) is 54.7 Å². The molecule has 2 heteroatoms. The van der Waals surface area contributed by atoms with Gasteiger partial charge in [0.05, 0.1) is 0 Å². The first-order valence-corrected chi connectivity index (χ1v) is 10.9. The Labute approximate surface area is 169 Å². The van der Waals surface area contributed by atoms with Crippen LogP contribution in [0.5, 0.6) is 0 Å². The average Bonchev–Trinajstić information content (AvgIpc) is 3.09. The predicted octanol–water partition coefficient (Wildman–Crippen LogP) is 7.32. The minimum absolute atomic E-state index is 0.129. The lowest BCUT2D eigenvalue weighted by molar-refractivity contribution is 0.103. The molecular formula is C26H33NO. The maximum atomic E-state index is 13.2. The second-order valence-electron chi connectivity index (χ2n) is 7.87. The van der Waals surface area contributed by atoms with Gasteiger partial charge >= 0.3 is 0 Å². The van der Waals surface area contributed by atoms with Crippen molar-refractivity contribution in [3.05, 3.63) is 71.4 Å². The molecule has 0 aliphatic carbocycles. The summed E-state index contributed by atoms with van der Waals surface area (Å²) in [6, 6.07) is 16.2. The highest BCUT2D eigenvalue weighted by atomic mass is 16.1. The van der Waals surface area contributed by atoms with Gasteiger partial charge in [0.15, 0.2) is 5.78 Å². The number of fused-ring (bicyclic) bond motifs is 1. The lowest BCUT2D eigenvalue weighted by Crippen LogP contribution is -2.03. The summed E-state index contributed by atoms with van der Waals surface area (Å²) < 4.78 is 2.28. The molecule has 0 unspecified atom stereocenters. The molecule has 0 amide bonds. The average molecular weight is 376 g/mol. The number of rotatable bonds is 11. The number of hydrogen-bond acceptors (Lipinski definition) is 1. The number of unbranched alkanes of at least 4 members (excludes halogenated alkanes) is 7. The summed E-state index contributed by atoms with van der Waals surface area (Å²) >= 11 is 0. The Kier molecular flexibility index (Phi) is 7.47. The van der Waals surface area contributed by atoms with Gasteiger partial charge in [0.25, 0.3) is 0 Å². The smallest absolute Gasteiger partial charge is 0.195 e. The highest BCUT2D eigenvalue weighted by Crippen LogP contribution is 2.25. The second-order valence-corrected chi connectivity index (χ2v) is 7.87. The van der Waals surface area contributed by atoms with Gasteiger partial charge in [-0.2, -0.15) is 0 Å². The molecule has 0 radical (unpaired) electrons. The molecule has 3 rings (SSSR count). The largest absolute Gasteiger partial charge is 0.347 e. The van der Waals surface area contributed by atoms with Crippen LogP contribution in [-0.2, 0) is 6.54 Å². The summed E-state index contributed by atoms with van der Waals surface area (Å²) in [5.41, 5.74) is 3.83. The zero-order chi connectivity index (χ0) is 19.8. The van der Waals surface area contributed by atoms with E-state index in [9.17, 15) is 4.79 Å². The Morgan fingerprint density at radius 2 is 1.43 bits per heavy atom. The van der Waals surface area contributed by atoms with Crippen LogP contribution in [0.1, 0.15) is 79.8 Å². The van der Waals surface area contributed by atoms with Crippen molar-refractivity contribution in [1.29, 1.82) is 0 Å². The van der Waals surface area contributed by atoms with E-state index in [2.05, 4.69) is 35.9 Å². The first-order chi connectivity index (χ1) is 13.7. The van der Waals surface area contributed by atoms with Crippen molar-refractivity contribution >= 4 is 16.7 Å². The number of nitrogens with zero attached hydrogens (tertiary/aromatic N) is 1. The number of aryl methyl sites for hydroxylation is 2. The fourth-order valence-electron chi connectivity index (χ4n) is 4.00. The number of ketones is 1. The van der Waals surface area contributed by atoms with E-state index in [1.165, 1.54) is 56.9 Å². The summed E-state index contributed by atoms with van der Waals surface area (Å²) in [6.07, 6.45) is 12.6. The molecule has 0 atom stereocenters. The van der Waals surface area contributed by atoms with Crippen molar-refractivity contribution in [2.24, 2.45) is 0 Å². The van der Waals surface area contributed by atoms with Crippen molar-refractivity contribution in [1.82, 2.24) is 4.57 Å². The van der Waals surface area contributed by atoms with Crippen molar-refractivity contribution in [3.8, 4) is 0 Å². The van der Waals surface area contributed by atoms with Gasteiger partial charge in [-0.15, -0.1) is 0 Å². The summed E-state index contributed by atoms with van der Waals surface area (Å²) in [4.78, 5) is 13.2. The van der Waals surface area contributed by atoms with Gasteiger partial charge in [0, 0.05) is 34.8 Å². The maximum Gasteiger partial charge on any atom is 0.195 e. The van der Waals surface area contributed by atoms with E-state index in [1.54, 1.807) is 0 Å². The van der Waals surface area contributed by atoms with Crippen LogP contribution in [0.25, 0.3) is 10.9 Å². The van der Waals surface area contributed by atoms with Crippen LogP contribution in [0, 0.1) is 6.92 Å². The molecule has 0 aliphatic heterocycles. The predicted molar refractivity (Wildman–Crippen MR) is 119 cm³/mol. The Hall–Kier alpha value is -2.35. The van der Waals surface area contributed by atoms with Crippen molar-refractivity contribution in [2.45, 2.75) is 71.8 Å². The molecule has 0 fully saturated rings. The SMILES string of the molecule is CCCCCCCCCCn1cc(C(=O)c2ccccc2C)c2ccccc21. The normalized spacial score (nSPS) is 11.2. The maximum absolute atomic E-state index is 13.2. The monoisotopic (exact) mass is 375 g/mol. The highest BCUT2D eigenvalue weighted by molar-refractivity contribution is 6.17. The Morgan fingerprint density at radius 1 is 0.786 bits per heavy atom. The Balaban J connectivity index is 1.68. The molecule has 0 spiro atoms. The molecule has 2 nitrogen and oxygen atoms in total. The van der Waals surface area contributed by atoms with Crippen molar-refractivity contribution < 1.29 is 4.79 Å². The first-order valence-electron chi connectivity index (χ1n) is 10.9. The minimum atomic E-state index is 0.129. The quantitative estimate of drug-likeness (QED) is 0.254. The van der Waals surface area contributed by atoms with Gasteiger partial charge in [0.2, 0.25) is 0 Å². The molecule has 0 N–H and O–H groups in total. The number of carbonyl (C=O) groups is 1. The second kappa shape index (κ2) is 10.3. The molecule has 3 aromatic rings. The zero-order valence-corrected chi connectivity index (χ0v) is 17.4. The summed E-state index contributed by atoms with van der Waals surface area (Å²) in [5.74, 6) is 0.129. The number of para-hydroxylation sites is 1. The molecule has 0 saturated carbocycles. The molecule has 28 heavy (non-hydrogen) atoms. The van der Waals surface area contributed by atoms with Crippen LogP contribution in [0.2, 0.25) is 0 Å². The molecule has 0 aliphatic rings. The molecule has 0 bridgehead atoms. The van der Waals surface area contributed by atoms with E-state index in [0.29, 0.717) is 0 Å². The van der Waals surface area contributed by atoms with Crippen molar-refractivity contribution in [3.63, 3.8) is 0 Å². The standard InChI is InChI=1S/C26H33NO/c1-3-4-5-6-7-8-9-14-19-27-20-24(23-17-12-13-18-25(23)27)26(28)22-16-11-10-15-21(22)2/h10-13,15-18,20H,3-9,14,19H2,1-2H3.